The van der Waals surface area contributed by atoms with Crippen LogP contribution >= 0.6 is 11.3 Å². The highest BCUT2D eigenvalue weighted by Gasteiger charge is 2.31. The van der Waals surface area contributed by atoms with Crippen LogP contribution in [-0.4, -0.2) is 59.1 Å². The maximum Gasteiger partial charge on any atom is 0.244 e. The van der Waals surface area contributed by atoms with E-state index in [4.69, 9.17) is 0 Å². The van der Waals surface area contributed by atoms with Crippen molar-refractivity contribution >= 4 is 32.2 Å². The van der Waals surface area contributed by atoms with E-state index in [0.717, 1.165) is 4.96 Å². The molecule has 4 rings (SSSR count). The van der Waals surface area contributed by atoms with Crippen molar-refractivity contribution < 1.29 is 13.2 Å². The number of fused-ring (bicyclic) bond motifs is 1. The topological polar surface area (TPSA) is 98.8 Å². The molecule has 3 aromatic rings. The molecule has 1 amide bonds. The highest BCUT2D eigenvalue weighted by molar-refractivity contribution is 7.89. The van der Waals surface area contributed by atoms with Crippen LogP contribution in [0.5, 0.6) is 0 Å². The zero-order chi connectivity index (χ0) is 19.7. The van der Waals surface area contributed by atoms with Crippen LogP contribution in [-0.2, 0) is 21.2 Å². The molecule has 3 heterocycles. The average molecular weight is 416 g/mol. The van der Waals surface area contributed by atoms with Gasteiger partial charge in [0.25, 0.3) is 0 Å². The summed E-state index contributed by atoms with van der Waals surface area (Å²) in [5.74, 6) is -0.0692. The van der Waals surface area contributed by atoms with Crippen LogP contribution in [0.1, 0.15) is 11.3 Å². The minimum atomic E-state index is -3.76. The Morgan fingerprint density at radius 1 is 1.21 bits per heavy atom. The van der Waals surface area contributed by atoms with Gasteiger partial charge in [0.2, 0.25) is 15.9 Å². The second kappa shape index (κ2) is 7.35. The molecule has 1 aromatic carbocycles. The van der Waals surface area contributed by atoms with E-state index in [0.29, 0.717) is 18.8 Å². The fourth-order valence-corrected chi connectivity index (χ4v) is 5.51. The average Bonchev–Trinajstić information content (AvgIpc) is 3.29. The molecule has 0 radical (unpaired) electrons. The molecule has 0 unspecified atom stereocenters. The summed E-state index contributed by atoms with van der Waals surface area (Å²) in [6.45, 7) is 1.03. The van der Waals surface area contributed by atoms with Crippen molar-refractivity contribution in [2.24, 2.45) is 0 Å². The van der Waals surface area contributed by atoms with E-state index in [1.54, 1.807) is 17.0 Å². The van der Waals surface area contributed by atoms with E-state index in [1.807, 2.05) is 28.2 Å². The highest BCUT2D eigenvalue weighted by Crippen LogP contribution is 2.21. The molecular weight excluding hydrogens is 398 g/mol. The molecule has 0 N–H and O–H groups in total. The molecule has 0 aliphatic carbocycles. The molecule has 10 heteroatoms. The van der Waals surface area contributed by atoms with Gasteiger partial charge < -0.3 is 4.90 Å². The van der Waals surface area contributed by atoms with Crippen LogP contribution < -0.4 is 0 Å². The molecule has 0 saturated carbocycles. The van der Waals surface area contributed by atoms with Gasteiger partial charge in [-0.1, -0.05) is 12.1 Å². The number of hydrogen-bond acceptors (Lipinski definition) is 6. The second-order valence-corrected chi connectivity index (χ2v) is 9.17. The lowest BCUT2D eigenvalue weighted by molar-refractivity contribution is -0.131. The quantitative estimate of drug-likeness (QED) is 0.640. The molecule has 1 aliphatic rings. The number of aromatic nitrogens is 2. The molecule has 1 saturated heterocycles. The Kier molecular flexibility index (Phi) is 4.89. The zero-order valence-electron chi connectivity index (χ0n) is 14.9. The monoisotopic (exact) mass is 415 g/mol. The van der Waals surface area contributed by atoms with Crippen LogP contribution in [0.2, 0.25) is 0 Å². The van der Waals surface area contributed by atoms with Gasteiger partial charge in [-0.2, -0.15) is 9.57 Å². The first kappa shape index (κ1) is 18.6. The fourth-order valence-electron chi connectivity index (χ4n) is 3.23. The third-order valence-electron chi connectivity index (χ3n) is 4.69. The molecular formula is C18H17N5O3S2. The number of carbonyl (C=O) groups excluding carboxylic acids is 1. The first-order valence-electron chi connectivity index (χ1n) is 8.67. The van der Waals surface area contributed by atoms with E-state index in [1.165, 1.54) is 27.8 Å². The normalized spacial score (nSPS) is 15.6. The van der Waals surface area contributed by atoms with Crippen molar-refractivity contribution in [2.45, 2.75) is 11.3 Å². The lowest BCUT2D eigenvalue weighted by Crippen LogP contribution is -2.51. The summed E-state index contributed by atoms with van der Waals surface area (Å²) in [7, 11) is -3.76. The number of hydrogen-bond donors (Lipinski definition) is 0. The van der Waals surface area contributed by atoms with E-state index in [9.17, 15) is 18.5 Å². The Morgan fingerprint density at radius 2 is 1.96 bits per heavy atom. The van der Waals surface area contributed by atoms with Crippen molar-refractivity contribution in [3.8, 4) is 6.07 Å². The summed E-state index contributed by atoms with van der Waals surface area (Å²) < 4.78 is 28.9. The first-order valence-corrected chi connectivity index (χ1v) is 11.0. The zero-order valence-corrected chi connectivity index (χ0v) is 16.5. The summed E-state index contributed by atoms with van der Waals surface area (Å²) in [6.07, 6.45) is 3.92. The van der Waals surface area contributed by atoms with Gasteiger partial charge in [-0.15, -0.1) is 11.3 Å². The summed E-state index contributed by atoms with van der Waals surface area (Å²) in [5.41, 5.74) is 0.829. The maximum absolute atomic E-state index is 12.9. The summed E-state index contributed by atoms with van der Waals surface area (Å²) in [4.78, 5) is 19.5. The van der Waals surface area contributed by atoms with Crippen molar-refractivity contribution in [1.82, 2.24) is 18.6 Å². The van der Waals surface area contributed by atoms with Gasteiger partial charge in [-0.25, -0.2) is 13.4 Å². The molecule has 8 nitrogen and oxygen atoms in total. The number of nitriles is 1. The van der Waals surface area contributed by atoms with Gasteiger partial charge in [0.15, 0.2) is 4.96 Å². The van der Waals surface area contributed by atoms with Gasteiger partial charge >= 0.3 is 0 Å². The van der Waals surface area contributed by atoms with Crippen LogP contribution in [0.15, 0.2) is 46.9 Å². The smallest absolute Gasteiger partial charge is 0.244 e. The predicted molar refractivity (Wildman–Crippen MR) is 103 cm³/mol. The summed E-state index contributed by atoms with van der Waals surface area (Å²) in [5, 5.41) is 11.1. The Morgan fingerprint density at radius 3 is 2.68 bits per heavy atom. The molecule has 28 heavy (non-hydrogen) atoms. The van der Waals surface area contributed by atoms with Gasteiger partial charge in [0.05, 0.1) is 22.6 Å². The van der Waals surface area contributed by atoms with Crippen LogP contribution in [0.3, 0.4) is 0 Å². The molecule has 2 aromatic heterocycles. The molecule has 1 fully saturated rings. The third-order valence-corrected chi connectivity index (χ3v) is 7.42. The number of nitrogens with zero attached hydrogens (tertiary/aromatic N) is 5. The minimum absolute atomic E-state index is 0.00959. The largest absolute Gasteiger partial charge is 0.340 e. The van der Waals surface area contributed by atoms with E-state index in [-0.39, 0.29) is 35.9 Å². The first-order chi connectivity index (χ1) is 13.5. The Bertz CT molecular complexity index is 1140. The van der Waals surface area contributed by atoms with Crippen LogP contribution in [0, 0.1) is 11.3 Å². The Balaban J connectivity index is 1.42. The fraction of sp³-hybridized carbons (Fsp3) is 0.278. The van der Waals surface area contributed by atoms with Gasteiger partial charge in [-0.3, -0.25) is 9.20 Å². The van der Waals surface area contributed by atoms with Crippen molar-refractivity contribution in [2.75, 3.05) is 26.2 Å². The third kappa shape index (κ3) is 3.40. The van der Waals surface area contributed by atoms with E-state index < -0.39 is 10.0 Å². The van der Waals surface area contributed by atoms with Crippen LogP contribution in [0.25, 0.3) is 4.96 Å². The molecule has 0 atom stereocenters. The lowest BCUT2D eigenvalue weighted by atomic mass is 10.2. The number of carbonyl (C=O) groups is 1. The number of piperazine rings is 1. The van der Waals surface area contributed by atoms with Crippen molar-refractivity contribution in [3.63, 3.8) is 0 Å². The minimum Gasteiger partial charge on any atom is -0.340 e. The standard InChI is InChI=1S/C18H17N5O3S2/c19-12-14-3-1-2-4-16(14)28(25,26)23-7-5-21(6-8-23)17(24)11-15-13-22-9-10-27-18(22)20-15/h1-4,9-10,13H,5-8,11H2. The molecule has 1 aliphatic heterocycles. The number of imidazole rings is 1. The number of thiazole rings is 1. The van der Waals surface area contributed by atoms with E-state index in [2.05, 4.69) is 4.98 Å². The SMILES string of the molecule is N#Cc1ccccc1S(=O)(=O)N1CCN(C(=O)Cc2cn3ccsc3n2)CC1. The predicted octanol–water partition coefficient (Wildman–Crippen LogP) is 1.34. The molecule has 144 valence electrons. The van der Waals surface area contributed by atoms with Gasteiger partial charge in [0.1, 0.15) is 6.07 Å². The van der Waals surface area contributed by atoms with E-state index >= 15 is 0 Å². The number of sulfonamides is 1. The number of benzene rings is 1. The number of rotatable bonds is 4. The Labute approximate surface area is 166 Å². The van der Waals surface area contributed by atoms with Crippen molar-refractivity contribution in [3.05, 3.63) is 53.3 Å². The Hall–Kier alpha value is -2.74. The molecule has 0 spiro atoms. The number of amides is 1. The second-order valence-electron chi connectivity index (χ2n) is 6.39. The highest BCUT2D eigenvalue weighted by atomic mass is 32.2. The van der Waals surface area contributed by atoms with Gasteiger partial charge in [-0.05, 0) is 12.1 Å². The van der Waals surface area contributed by atoms with Gasteiger partial charge in [0, 0.05) is 44.0 Å². The lowest BCUT2D eigenvalue weighted by Gasteiger charge is -2.34. The summed E-state index contributed by atoms with van der Waals surface area (Å²) >= 11 is 1.51. The van der Waals surface area contributed by atoms with Crippen LogP contribution in [0.4, 0.5) is 0 Å². The maximum atomic E-state index is 12.9. The summed E-state index contributed by atoms with van der Waals surface area (Å²) in [6, 6.07) is 8.09. The van der Waals surface area contributed by atoms with Crippen molar-refractivity contribution in [1.29, 1.82) is 5.26 Å². The molecule has 0 bridgehead atoms.